The zero-order chi connectivity index (χ0) is 20.4. The van der Waals surface area contributed by atoms with Gasteiger partial charge in [-0.25, -0.2) is 0 Å². The van der Waals surface area contributed by atoms with Gasteiger partial charge in [-0.1, -0.05) is 41.2 Å². The lowest BCUT2D eigenvalue weighted by Crippen LogP contribution is -2.23. The van der Waals surface area contributed by atoms with E-state index in [9.17, 15) is 9.59 Å². The highest BCUT2D eigenvalue weighted by Crippen LogP contribution is 2.35. The molecule has 8 heteroatoms. The summed E-state index contributed by atoms with van der Waals surface area (Å²) in [5.74, 6) is 0.550. The quantitative estimate of drug-likeness (QED) is 0.616. The Hall–Kier alpha value is -3.13. The molecule has 1 aliphatic rings. The molecule has 1 amide bonds. The van der Waals surface area contributed by atoms with Gasteiger partial charge in [0.15, 0.2) is 16.3 Å². The summed E-state index contributed by atoms with van der Waals surface area (Å²) in [4.78, 5) is 29.2. The van der Waals surface area contributed by atoms with Crippen LogP contribution in [-0.2, 0) is 27.3 Å². The molecule has 0 radical (unpaired) electrons. The maximum absolute atomic E-state index is 12.6. The molecule has 0 saturated carbocycles. The zero-order valence-corrected chi connectivity index (χ0v) is 17.0. The third-order valence-electron chi connectivity index (χ3n) is 4.56. The van der Waals surface area contributed by atoms with E-state index in [4.69, 9.17) is 14.2 Å². The first-order valence-corrected chi connectivity index (χ1v) is 9.98. The molecule has 2 aromatic carbocycles. The Morgan fingerprint density at radius 2 is 1.83 bits per heavy atom. The molecule has 0 N–H and O–H groups in total. The van der Waals surface area contributed by atoms with Crippen molar-refractivity contribution in [3.8, 4) is 11.5 Å². The number of aromatic nitrogens is 1. The number of thiazole rings is 1. The number of benzene rings is 2. The Morgan fingerprint density at radius 1 is 1.14 bits per heavy atom. The molecule has 1 aromatic heterocycles. The van der Waals surface area contributed by atoms with Crippen LogP contribution in [0.5, 0.6) is 11.5 Å². The Balaban J connectivity index is 1.75. The van der Waals surface area contributed by atoms with E-state index < -0.39 is 5.97 Å². The summed E-state index contributed by atoms with van der Waals surface area (Å²) in [6.07, 6.45) is 0.190. The molecule has 0 saturated heterocycles. The van der Waals surface area contributed by atoms with E-state index in [1.807, 2.05) is 43.3 Å². The minimum Gasteiger partial charge on any atom is -0.486 e. The van der Waals surface area contributed by atoms with E-state index in [0.717, 1.165) is 21.3 Å². The van der Waals surface area contributed by atoms with Crippen molar-refractivity contribution in [3.63, 3.8) is 0 Å². The SMILES string of the molecule is COC(=O)Cn1c(=NC(=O)Cc2ccc(C)cc2)sc2cc3c(cc21)OCCO3. The number of nitrogens with zero attached hydrogens (tertiary/aromatic N) is 2. The maximum atomic E-state index is 12.6. The number of hydrogen-bond donors (Lipinski definition) is 0. The minimum absolute atomic E-state index is 0.0488. The molecule has 4 rings (SSSR count). The highest BCUT2D eigenvalue weighted by atomic mass is 32.1. The van der Waals surface area contributed by atoms with Crippen LogP contribution in [0.4, 0.5) is 0 Å². The molecular weight excluding hydrogens is 392 g/mol. The van der Waals surface area contributed by atoms with Crippen LogP contribution in [-0.4, -0.2) is 36.8 Å². The van der Waals surface area contributed by atoms with Crippen molar-refractivity contribution in [3.05, 3.63) is 52.3 Å². The topological polar surface area (TPSA) is 79.1 Å². The van der Waals surface area contributed by atoms with Crippen molar-refractivity contribution < 1.29 is 23.8 Å². The van der Waals surface area contributed by atoms with Gasteiger partial charge in [-0.3, -0.25) is 9.59 Å². The Morgan fingerprint density at radius 3 is 2.52 bits per heavy atom. The number of esters is 1. The number of hydrogen-bond acceptors (Lipinski definition) is 6. The van der Waals surface area contributed by atoms with Crippen molar-refractivity contribution in [2.24, 2.45) is 4.99 Å². The van der Waals surface area contributed by atoms with Crippen molar-refractivity contribution in [1.29, 1.82) is 0 Å². The Bertz CT molecular complexity index is 1140. The Labute approximate surface area is 171 Å². The number of ether oxygens (including phenoxy) is 3. The van der Waals surface area contributed by atoms with Gasteiger partial charge in [0.05, 0.1) is 23.7 Å². The molecule has 29 heavy (non-hydrogen) atoms. The fraction of sp³-hybridized carbons (Fsp3) is 0.286. The van der Waals surface area contributed by atoms with Crippen LogP contribution in [0.1, 0.15) is 11.1 Å². The van der Waals surface area contributed by atoms with Gasteiger partial charge in [-0.15, -0.1) is 0 Å². The summed E-state index contributed by atoms with van der Waals surface area (Å²) in [5.41, 5.74) is 2.76. The molecule has 1 aliphatic heterocycles. The van der Waals surface area contributed by atoms with E-state index >= 15 is 0 Å². The highest BCUT2D eigenvalue weighted by molar-refractivity contribution is 7.16. The van der Waals surface area contributed by atoms with E-state index in [1.165, 1.54) is 18.4 Å². The summed E-state index contributed by atoms with van der Waals surface area (Å²) in [7, 11) is 1.33. The van der Waals surface area contributed by atoms with Crippen molar-refractivity contribution in [2.45, 2.75) is 19.9 Å². The monoisotopic (exact) mass is 412 g/mol. The van der Waals surface area contributed by atoms with Crippen LogP contribution in [0.15, 0.2) is 41.4 Å². The first-order valence-electron chi connectivity index (χ1n) is 9.16. The van der Waals surface area contributed by atoms with Crippen molar-refractivity contribution in [2.75, 3.05) is 20.3 Å². The van der Waals surface area contributed by atoms with Gasteiger partial charge in [-0.2, -0.15) is 4.99 Å². The second-order valence-corrected chi connectivity index (χ2v) is 7.69. The lowest BCUT2D eigenvalue weighted by molar-refractivity contribution is -0.141. The second kappa shape index (κ2) is 8.08. The predicted molar refractivity (Wildman–Crippen MR) is 108 cm³/mol. The lowest BCUT2D eigenvalue weighted by Gasteiger charge is -2.18. The summed E-state index contributed by atoms with van der Waals surface area (Å²) >= 11 is 1.32. The number of aryl methyl sites for hydroxylation is 1. The molecule has 0 spiro atoms. The fourth-order valence-electron chi connectivity index (χ4n) is 3.06. The van der Waals surface area contributed by atoms with Gasteiger partial charge < -0.3 is 18.8 Å². The van der Waals surface area contributed by atoms with E-state index in [-0.39, 0.29) is 18.9 Å². The number of fused-ring (bicyclic) bond motifs is 2. The van der Waals surface area contributed by atoms with E-state index in [1.54, 1.807) is 4.57 Å². The fourth-order valence-corrected chi connectivity index (χ4v) is 4.12. The van der Waals surface area contributed by atoms with Crippen LogP contribution in [0.2, 0.25) is 0 Å². The Kier molecular flexibility index (Phi) is 5.35. The number of carbonyl (C=O) groups is 2. The molecule has 7 nitrogen and oxygen atoms in total. The molecule has 0 unspecified atom stereocenters. The molecular formula is C21H20N2O5S. The number of rotatable bonds is 4. The van der Waals surface area contributed by atoms with Crippen LogP contribution >= 0.6 is 11.3 Å². The number of methoxy groups -OCH3 is 1. The van der Waals surface area contributed by atoms with Crippen LogP contribution < -0.4 is 14.3 Å². The molecule has 2 heterocycles. The highest BCUT2D eigenvalue weighted by Gasteiger charge is 2.18. The second-order valence-electron chi connectivity index (χ2n) is 6.68. The standard InChI is InChI=1S/C21H20N2O5S/c1-13-3-5-14(6-4-13)9-19(24)22-21-23(12-20(25)26-2)15-10-16-17(11-18(15)29-21)28-8-7-27-16/h3-6,10-11H,7-9,12H2,1-2H3. The number of carbonyl (C=O) groups excluding carboxylic acids is 2. The third kappa shape index (κ3) is 4.17. The predicted octanol–water partition coefficient (Wildman–Crippen LogP) is 2.63. The molecule has 150 valence electrons. The zero-order valence-electron chi connectivity index (χ0n) is 16.1. The molecule has 0 bridgehead atoms. The summed E-state index contributed by atoms with van der Waals surface area (Å²) in [5, 5.41) is 0. The van der Waals surface area contributed by atoms with Crippen LogP contribution in [0.3, 0.4) is 0 Å². The molecule has 0 aliphatic carbocycles. The summed E-state index contributed by atoms with van der Waals surface area (Å²) < 4.78 is 18.6. The van der Waals surface area contributed by atoms with Gasteiger partial charge in [0.2, 0.25) is 0 Å². The normalized spacial score (nSPS) is 13.5. The van der Waals surface area contributed by atoms with Crippen LogP contribution in [0.25, 0.3) is 10.2 Å². The molecule has 0 fully saturated rings. The third-order valence-corrected chi connectivity index (χ3v) is 5.60. The van der Waals surface area contributed by atoms with Gasteiger partial charge in [0.25, 0.3) is 5.91 Å². The summed E-state index contributed by atoms with van der Waals surface area (Å²) in [6, 6.07) is 11.4. The summed E-state index contributed by atoms with van der Waals surface area (Å²) in [6.45, 7) is 2.90. The average Bonchev–Trinajstić information content (AvgIpc) is 3.03. The van der Waals surface area contributed by atoms with E-state index in [2.05, 4.69) is 4.99 Å². The average molecular weight is 412 g/mol. The van der Waals surface area contributed by atoms with Crippen LogP contribution in [0, 0.1) is 6.92 Å². The van der Waals surface area contributed by atoms with Gasteiger partial charge in [-0.05, 0) is 12.5 Å². The number of amides is 1. The largest absolute Gasteiger partial charge is 0.486 e. The maximum Gasteiger partial charge on any atom is 0.325 e. The van der Waals surface area contributed by atoms with Gasteiger partial charge in [0.1, 0.15) is 19.8 Å². The smallest absolute Gasteiger partial charge is 0.325 e. The van der Waals surface area contributed by atoms with Gasteiger partial charge in [0, 0.05) is 12.1 Å². The van der Waals surface area contributed by atoms with Crippen molar-refractivity contribution >= 4 is 33.4 Å². The lowest BCUT2D eigenvalue weighted by atomic mass is 10.1. The van der Waals surface area contributed by atoms with E-state index in [0.29, 0.717) is 29.5 Å². The molecule has 3 aromatic rings. The van der Waals surface area contributed by atoms with Crippen molar-refractivity contribution in [1.82, 2.24) is 4.57 Å². The molecule has 0 atom stereocenters. The first kappa shape index (κ1) is 19.2. The first-order chi connectivity index (χ1) is 14.0. The van der Waals surface area contributed by atoms with Gasteiger partial charge >= 0.3 is 5.97 Å². The minimum atomic E-state index is -0.424.